The molecule has 0 fully saturated rings. The summed E-state index contributed by atoms with van der Waals surface area (Å²) in [6.45, 7) is 4.07. The summed E-state index contributed by atoms with van der Waals surface area (Å²) >= 11 is 0. The molecule has 0 atom stereocenters. The van der Waals surface area contributed by atoms with Gasteiger partial charge in [-0.1, -0.05) is 23.9 Å². The van der Waals surface area contributed by atoms with Crippen molar-refractivity contribution in [1.82, 2.24) is 4.57 Å². The zero-order valence-corrected chi connectivity index (χ0v) is 8.78. The van der Waals surface area contributed by atoms with Gasteiger partial charge in [0.1, 0.15) is 0 Å². The van der Waals surface area contributed by atoms with Crippen molar-refractivity contribution in [2.24, 2.45) is 0 Å². The summed E-state index contributed by atoms with van der Waals surface area (Å²) in [6.07, 6.45) is 0. The first-order valence-corrected chi connectivity index (χ1v) is 4.96. The van der Waals surface area contributed by atoms with Gasteiger partial charge in [-0.05, 0) is 25.3 Å². The standard InChI is InChI=1S/C12H13NO2/c1-3-13-10-7-5-4-6-9(10)11(14)8(2)12(13)15/h4-7,14H,3H2,1-2H3/p-1. The van der Waals surface area contributed by atoms with Crippen LogP contribution >= 0.6 is 0 Å². The van der Waals surface area contributed by atoms with Crippen molar-refractivity contribution in [2.75, 3.05) is 0 Å². The third kappa shape index (κ3) is 1.31. The molecule has 3 nitrogen and oxygen atoms in total. The van der Waals surface area contributed by atoms with Crippen molar-refractivity contribution in [3.05, 3.63) is 40.2 Å². The van der Waals surface area contributed by atoms with Crippen molar-refractivity contribution in [2.45, 2.75) is 20.4 Å². The highest BCUT2D eigenvalue weighted by Gasteiger charge is 2.05. The number of aromatic nitrogens is 1. The number of para-hydroxylation sites is 1. The van der Waals surface area contributed by atoms with Crippen LogP contribution in [0.3, 0.4) is 0 Å². The molecular formula is C12H12NO2-. The van der Waals surface area contributed by atoms with Gasteiger partial charge in [0.2, 0.25) is 0 Å². The molecule has 0 spiro atoms. The second-order valence-electron chi connectivity index (χ2n) is 3.52. The Morgan fingerprint density at radius 3 is 2.67 bits per heavy atom. The predicted octanol–water partition coefficient (Wildman–Crippen LogP) is 1.40. The number of nitrogens with zero attached hydrogens (tertiary/aromatic N) is 1. The molecule has 1 aromatic carbocycles. The monoisotopic (exact) mass is 202 g/mol. The number of fused-ring (bicyclic) bond motifs is 1. The van der Waals surface area contributed by atoms with Gasteiger partial charge in [0.25, 0.3) is 5.56 Å². The van der Waals surface area contributed by atoms with Crippen LogP contribution in [-0.2, 0) is 6.54 Å². The Morgan fingerprint density at radius 2 is 2.00 bits per heavy atom. The van der Waals surface area contributed by atoms with Gasteiger partial charge in [0.15, 0.2) is 0 Å². The molecule has 0 saturated carbocycles. The molecule has 0 bridgehead atoms. The molecule has 78 valence electrons. The van der Waals surface area contributed by atoms with E-state index in [2.05, 4.69) is 0 Å². The second-order valence-corrected chi connectivity index (χ2v) is 3.52. The van der Waals surface area contributed by atoms with Crippen LogP contribution in [-0.4, -0.2) is 4.57 Å². The van der Waals surface area contributed by atoms with Gasteiger partial charge < -0.3 is 9.67 Å². The summed E-state index contributed by atoms with van der Waals surface area (Å²) in [7, 11) is 0. The Morgan fingerprint density at radius 1 is 1.33 bits per heavy atom. The van der Waals surface area contributed by atoms with E-state index in [1.165, 1.54) is 0 Å². The number of rotatable bonds is 1. The van der Waals surface area contributed by atoms with E-state index in [1.54, 1.807) is 23.6 Å². The third-order valence-corrected chi connectivity index (χ3v) is 2.66. The molecule has 1 heterocycles. The Kier molecular flexibility index (Phi) is 2.23. The zero-order valence-electron chi connectivity index (χ0n) is 8.78. The van der Waals surface area contributed by atoms with Crippen LogP contribution in [0.2, 0.25) is 0 Å². The van der Waals surface area contributed by atoms with Crippen LogP contribution in [0, 0.1) is 6.92 Å². The number of pyridine rings is 1. The van der Waals surface area contributed by atoms with E-state index < -0.39 is 0 Å². The van der Waals surface area contributed by atoms with Crippen LogP contribution in [0.4, 0.5) is 0 Å². The molecule has 0 unspecified atom stereocenters. The first kappa shape index (κ1) is 9.77. The first-order chi connectivity index (χ1) is 7.16. The van der Waals surface area contributed by atoms with Crippen molar-refractivity contribution in [3.63, 3.8) is 0 Å². The summed E-state index contributed by atoms with van der Waals surface area (Å²) in [4.78, 5) is 11.8. The van der Waals surface area contributed by atoms with E-state index in [0.717, 1.165) is 5.52 Å². The average Bonchev–Trinajstić information content (AvgIpc) is 2.27. The molecular weight excluding hydrogens is 190 g/mol. The molecule has 1 aromatic heterocycles. The summed E-state index contributed by atoms with van der Waals surface area (Å²) < 4.78 is 1.63. The van der Waals surface area contributed by atoms with E-state index in [1.807, 2.05) is 19.1 Å². The van der Waals surface area contributed by atoms with E-state index >= 15 is 0 Å². The molecule has 0 aliphatic rings. The molecule has 0 saturated heterocycles. The SMILES string of the molecule is CCn1c(=O)c(C)c([O-])c2ccccc21. The average molecular weight is 202 g/mol. The molecule has 0 radical (unpaired) electrons. The Labute approximate surface area is 87.6 Å². The highest BCUT2D eigenvalue weighted by Crippen LogP contribution is 2.22. The van der Waals surface area contributed by atoms with Crippen LogP contribution in [0.25, 0.3) is 10.9 Å². The number of benzene rings is 1. The van der Waals surface area contributed by atoms with Crippen molar-refractivity contribution < 1.29 is 5.11 Å². The molecule has 0 amide bonds. The van der Waals surface area contributed by atoms with Gasteiger partial charge in [-0.25, -0.2) is 0 Å². The third-order valence-electron chi connectivity index (χ3n) is 2.66. The van der Waals surface area contributed by atoms with E-state index in [-0.39, 0.29) is 11.3 Å². The van der Waals surface area contributed by atoms with Gasteiger partial charge >= 0.3 is 0 Å². The van der Waals surface area contributed by atoms with Crippen molar-refractivity contribution in [3.8, 4) is 5.75 Å². The first-order valence-electron chi connectivity index (χ1n) is 4.96. The Balaban J connectivity index is 3.05. The van der Waals surface area contributed by atoms with Crippen molar-refractivity contribution >= 4 is 10.9 Å². The van der Waals surface area contributed by atoms with E-state index in [0.29, 0.717) is 17.5 Å². The maximum atomic E-state index is 11.8. The topological polar surface area (TPSA) is 45.1 Å². The Bertz CT molecular complexity index is 570. The lowest BCUT2D eigenvalue weighted by atomic mass is 10.1. The minimum Gasteiger partial charge on any atom is -0.872 e. The van der Waals surface area contributed by atoms with Crippen LogP contribution in [0.1, 0.15) is 12.5 Å². The van der Waals surface area contributed by atoms with Gasteiger partial charge in [0, 0.05) is 12.1 Å². The van der Waals surface area contributed by atoms with E-state index in [9.17, 15) is 9.90 Å². The predicted molar refractivity (Wildman–Crippen MR) is 58.1 cm³/mol. The van der Waals surface area contributed by atoms with Gasteiger partial charge in [0.05, 0.1) is 5.52 Å². The molecule has 2 aromatic rings. The lowest BCUT2D eigenvalue weighted by Gasteiger charge is -2.17. The number of aryl methyl sites for hydroxylation is 1. The quantitative estimate of drug-likeness (QED) is 0.701. The number of hydrogen-bond donors (Lipinski definition) is 0. The highest BCUT2D eigenvalue weighted by atomic mass is 16.3. The molecule has 0 aliphatic carbocycles. The normalized spacial score (nSPS) is 10.8. The fraction of sp³-hybridized carbons (Fsp3) is 0.250. The molecule has 15 heavy (non-hydrogen) atoms. The zero-order chi connectivity index (χ0) is 11.0. The van der Waals surface area contributed by atoms with E-state index in [4.69, 9.17) is 0 Å². The lowest BCUT2D eigenvalue weighted by Crippen LogP contribution is -2.23. The van der Waals surface area contributed by atoms with Gasteiger partial charge in [-0.15, -0.1) is 0 Å². The number of hydrogen-bond acceptors (Lipinski definition) is 2. The summed E-state index contributed by atoms with van der Waals surface area (Å²) in [6, 6.07) is 7.22. The lowest BCUT2D eigenvalue weighted by molar-refractivity contribution is -0.266. The Hall–Kier alpha value is -1.77. The summed E-state index contributed by atoms with van der Waals surface area (Å²) in [5.41, 5.74) is 0.845. The summed E-state index contributed by atoms with van der Waals surface area (Å²) in [5.74, 6) is -0.152. The van der Waals surface area contributed by atoms with Crippen molar-refractivity contribution in [1.29, 1.82) is 0 Å². The minimum atomic E-state index is -0.179. The van der Waals surface area contributed by atoms with Gasteiger partial charge in [-0.2, -0.15) is 0 Å². The second kappa shape index (κ2) is 3.42. The fourth-order valence-corrected chi connectivity index (χ4v) is 1.83. The molecule has 0 N–H and O–H groups in total. The smallest absolute Gasteiger partial charge is 0.253 e. The molecule has 3 heteroatoms. The molecule has 2 rings (SSSR count). The maximum absolute atomic E-state index is 11.8. The highest BCUT2D eigenvalue weighted by molar-refractivity contribution is 5.85. The summed E-state index contributed by atoms with van der Waals surface area (Å²) in [5, 5.41) is 12.4. The van der Waals surface area contributed by atoms with Crippen LogP contribution < -0.4 is 10.7 Å². The maximum Gasteiger partial charge on any atom is 0.253 e. The minimum absolute atomic E-state index is 0.152. The molecule has 0 aliphatic heterocycles. The van der Waals surface area contributed by atoms with Crippen LogP contribution in [0.15, 0.2) is 29.1 Å². The van der Waals surface area contributed by atoms with Gasteiger partial charge in [-0.3, -0.25) is 4.79 Å². The fourth-order valence-electron chi connectivity index (χ4n) is 1.83. The van der Waals surface area contributed by atoms with Crippen LogP contribution in [0.5, 0.6) is 5.75 Å². The largest absolute Gasteiger partial charge is 0.872 e.